The van der Waals surface area contributed by atoms with Gasteiger partial charge in [0.2, 0.25) is 11.8 Å². The van der Waals surface area contributed by atoms with Crippen LogP contribution in [0.3, 0.4) is 0 Å². The molecule has 0 aromatic heterocycles. The molecule has 0 aromatic carbocycles. The van der Waals surface area contributed by atoms with Gasteiger partial charge in [0.15, 0.2) is 0 Å². The minimum atomic E-state index is -0.706. The molecule has 7 nitrogen and oxygen atoms in total. The molecular weight excluding hydrogens is 464 g/mol. The molecule has 2 bridgehead atoms. The number of carbonyl (C=O) groups excluding carboxylic acids is 3. The van der Waals surface area contributed by atoms with Gasteiger partial charge in [-0.2, -0.15) is 0 Å². The summed E-state index contributed by atoms with van der Waals surface area (Å²) in [5.74, 6) is -1.89. The third-order valence-corrected chi connectivity index (χ3v) is 10.7. The maximum absolute atomic E-state index is 14.5. The number of amides is 2. The molecule has 4 fully saturated rings. The first-order chi connectivity index (χ1) is 16.8. The van der Waals surface area contributed by atoms with Gasteiger partial charge in [0, 0.05) is 17.3 Å². The van der Waals surface area contributed by atoms with Crippen LogP contribution >= 0.6 is 11.8 Å². The third kappa shape index (κ3) is 4.14. The largest absolute Gasteiger partial charge is 0.461 e. The van der Waals surface area contributed by atoms with Gasteiger partial charge in [0.1, 0.15) is 12.6 Å². The summed E-state index contributed by atoms with van der Waals surface area (Å²) in [4.78, 5) is 45.4. The number of hydrogen-bond acceptors (Lipinski definition) is 6. The molecule has 2 amide bonds. The molecule has 3 heterocycles. The Morgan fingerprint density at radius 1 is 1.26 bits per heavy atom. The lowest BCUT2D eigenvalue weighted by atomic mass is 9.66. The first-order valence-electron chi connectivity index (χ1n) is 13.1. The number of fused-ring (bicyclic) bond motifs is 1. The van der Waals surface area contributed by atoms with Crippen LogP contribution in [0.2, 0.25) is 0 Å². The SMILES string of the molecule is C=CCOC(=O)[C@H]1[C@H]2C(=O)N([C@@H](CC)CO)C(C(=O)N(CC=C)C3CCCCC3)C23CC[C@]1(C)S3. The van der Waals surface area contributed by atoms with Gasteiger partial charge in [-0.1, -0.05) is 44.9 Å². The number of aliphatic hydroxyl groups is 1. The minimum Gasteiger partial charge on any atom is -0.461 e. The van der Waals surface area contributed by atoms with Crippen molar-refractivity contribution in [2.24, 2.45) is 11.8 Å². The van der Waals surface area contributed by atoms with E-state index in [1.807, 2.05) is 18.7 Å². The lowest BCUT2D eigenvalue weighted by molar-refractivity contribution is -0.155. The van der Waals surface area contributed by atoms with E-state index in [4.69, 9.17) is 4.74 Å². The van der Waals surface area contributed by atoms with Crippen LogP contribution in [0.5, 0.6) is 0 Å². The summed E-state index contributed by atoms with van der Waals surface area (Å²) in [7, 11) is 0. The van der Waals surface area contributed by atoms with Crippen molar-refractivity contribution in [2.45, 2.75) is 92.8 Å². The summed E-state index contributed by atoms with van der Waals surface area (Å²) in [5, 5.41) is 10.2. The van der Waals surface area contributed by atoms with Crippen molar-refractivity contribution >= 4 is 29.5 Å². The van der Waals surface area contributed by atoms with Crippen molar-refractivity contribution in [3.05, 3.63) is 25.3 Å². The Morgan fingerprint density at radius 2 is 1.97 bits per heavy atom. The lowest BCUT2D eigenvalue weighted by Gasteiger charge is -2.42. The van der Waals surface area contributed by atoms with Crippen molar-refractivity contribution in [3.8, 4) is 0 Å². The van der Waals surface area contributed by atoms with E-state index in [9.17, 15) is 19.5 Å². The smallest absolute Gasteiger partial charge is 0.311 e. The number of aliphatic hydroxyl groups excluding tert-OH is 1. The molecule has 8 heteroatoms. The van der Waals surface area contributed by atoms with Gasteiger partial charge < -0.3 is 19.6 Å². The summed E-state index contributed by atoms with van der Waals surface area (Å²) >= 11 is 1.64. The molecule has 3 aliphatic heterocycles. The first-order valence-corrected chi connectivity index (χ1v) is 13.9. The normalized spacial score (nSPS) is 35.0. The number of nitrogens with zero attached hydrogens (tertiary/aromatic N) is 2. The minimum absolute atomic E-state index is 0.0589. The Hall–Kier alpha value is -1.80. The predicted molar refractivity (Wildman–Crippen MR) is 137 cm³/mol. The fourth-order valence-corrected chi connectivity index (χ4v) is 9.47. The van der Waals surface area contributed by atoms with E-state index in [1.54, 1.807) is 22.7 Å². The van der Waals surface area contributed by atoms with Gasteiger partial charge in [-0.15, -0.1) is 18.3 Å². The second kappa shape index (κ2) is 10.3. The summed E-state index contributed by atoms with van der Waals surface area (Å²) in [5.41, 5.74) is 0. The molecule has 35 heavy (non-hydrogen) atoms. The molecule has 4 aliphatic rings. The van der Waals surface area contributed by atoms with E-state index in [-0.39, 0.29) is 37.0 Å². The number of esters is 1. The van der Waals surface area contributed by atoms with Crippen LogP contribution in [0, 0.1) is 11.8 Å². The Balaban J connectivity index is 1.77. The van der Waals surface area contributed by atoms with Gasteiger partial charge in [0.25, 0.3) is 0 Å². The molecule has 194 valence electrons. The van der Waals surface area contributed by atoms with E-state index in [0.29, 0.717) is 19.4 Å². The molecule has 1 aliphatic carbocycles. The van der Waals surface area contributed by atoms with E-state index in [0.717, 1.165) is 32.1 Å². The Labute approximate surface area is 213 Å². The average molecular weight is 505 g/mol. The number of carbonyl (C=O) groups is 3. The van der Waals surface area contributed by atoms with E-state index < -0.39 is 33.4 Å². The van der Waals surface area contributed by atoms with Crippen LogP contribution in [0.25, 0.3) is 0 Å². The van der Waals surface area contributed by atoms with Crippen LogP contribution in [0.4, 0.5) is 0 Å². The Morgan fingerprint density at radius 3 is 2.57 bits per heavy atom. The molecule has 0 radical (unpaired) electrons. The van der Waals surface area contributed by atoms with Crippen LogP contribution in [0.1, 0.15) is 65.2 Å². The van der Waals surface area contributed by atoms with Gasteiger partial charge in [-0.25, -0.2) is 0 Å². The lowest BCUT2D eigenvalue weighted by Crippen LogP contribution is -2.59. The highest BCUT2D eigenvalue weighted by Gasteiger charge is 2.78. The van der Waals surface area contributed by atoms with Crippen LogP contribution in [0.15, 0.2) is 25.3 Å². The quantitative estimate of drug-likeness (QED) is 0.363. The zero-order chi connectivity index (χ0) is 25.4. The number of thioether (sulfide) groups is 1. The molecule has 1 spiro atoms. The zero-order valence-electron chi connectivity index (χ0n) is 21.1. The summed E-state index contributed by atoms with van der Waals surface area (Å²) in [6, 6.07) is -1.04. The fraction of sp³-hybridized carbons (Fsp3) is 0.741. The summed E-state index contributed by atoms with van der Waals surface area (Å²) in [6.45, 7) is 11.8. The number of rotatable bonds is 10. The van der Waals surface area contributed by atoms with Crippen molar-refractivity contribution in [3.63, 3.8) is 0 Å². The van der Waals surface area contributed by atoms with E-state index in [2.05, 4.69) is 13.2 Å². The maximum atomic E-state index is 14.5. The highest BCUT2D eigenvalue weighted by Crippen LogP contribution is 2.71. The Kier molecular flexibility index (Phi) is 7.72. The van der Waals surface area contributed by atoms with Crippen LogP contribution in [-0.2, 0) is 19.1 Å². The molecule has 2 unspecified atom stereocenters. The van der Waals surface area contributed by atoms with Gasteiger partial charge in [-0.05, 0) is 39.0 Å². The molecule has 0 aromatic rings. The van der Waals surface area contributed by atoms with Crippen molar-refractivity contribution in [2.75, 3.05) is 19.8 Å². The molecule has 6 atom stereocenters. The van der Waals surface area contributed by atoms with E-state index in [1.165, 1.54) is 12.5 Å². The highest BCUT2D eigenvalue weighted by molar-refractivity contribution is 8.02. The van der Waals surface area contributed by atoms with Gasteiger partial charge in [0.05, 0.1) is 29.2 Å². The van der Waals surface area contributed by atoms with Crippen LogP contribution < -0.4 is 0 Å². The molecule has 1 N–H and O–H groups in total. The van der Waals surface area contributed by atoms with Gasteiger partial charge in [-0.3, -0.25) is 14.4 Å². The number of hydrogen-bond donors (Lipinski definition) is 1. The second-order valence-electron chi connectivity index (χ2n) is 10.7. The van der Waals surface area contributed by atoms with Crippen LogP contribution in [-0.4, -0.2) is 80.1 Å². The van der Waals surface area contributed by atoms with Crippen molar-refractivity contribution < 1.29 is 24.2 Å². The highest BCUT2D eigenvalue weighted by atomic mass is 32.2. The number of ether oxygens (including phenoxy) is 1. The fourth-order valence-electron chi connectivity index (χ4n) is 7.15. The second-order valence-corrected chi connectivity index (χ2v) is 12.6. The number of likely N-dealkylation sites (tertiary alicyclic amines) is 1. The molecular formula is C27H40N2O5S. The average Bonchev–Trinajstić information content (AvgIpc) is 3.43. The Bertz CT molecular complexity index is 870. The maximum Gasteiger partial charge on any atom is 0.311 e. The summed E-state index contributed by atoms with van der Waals surface area (Å²) in [6.07, 6.45) is 10.5. The molecule has 4 rings (SSSR count). The van der Waals surface area contributed by atoms with Crippen molar-refractivity contribution in [1.29, 1.82) is 0 Å². The zero-order valence-corrected chi connectivity index (χ0v) is 21.9. The third-order valence-electron chi connectivity index (χ3n) is 8.75. The summed E-state index contributed by atoms with van der Waals surface area (Å²) < 4.78 is 4.32. The molecule has 3 saturated heterocycles. The molecule has 1 saturated carbocycles. The van der Waals surface area contributed by atoms with Gasteiger partial charge >= 0.3 is 5.97 Å². The standard InChI is InChI=1S/C27H40N2O5S/c1-5-15-28(19-11-9-8-10-12-19)24(32)22-27-14-13-26(4,35-27)21(25(33)34-16-6-2)20(27)23(31)29(22)18(7-3)17-30/h5-6,18-22,30H,1-2,7-17H2,3-4H3/t18-,20-,21+,22?,26-,27?/m0/s1. The topological polar surface area (TPSA) is 87.1 Å². The monoisotopic (exact) mass is 504 g/mol. The first kappa shape index (κ1) is 26.3. The predicted octanol–water partition coefficient (Wildman–Crippen LogP) is 3.32. The van der Waals surface area contributed by atoms with Crippen molar-refractivity contribution in [1.82, 2.24) is 9.80 Å². The van der Waals surface area contributed by atoms with E-state index >= 15 is 0 Å².